The van der Waals surface area contributed by atoms with Crippen LogP contribution in [-0.4, -0.2) is 55.5 Å². The number of nitrogens with zero attached hydrogens (tertiary/aromatic N) is 3. The molecule has 3 N–H and O–H groups in total. The summed E-state index contributed by atoms with van der Waals surface area (Å²) in [4.78, 5) is 7.30. The third-order valence-corrected chi connectivity index (χ3v) is 6.91. The number of halogens is 5. The highest BCUT2D eigenvalue weighted by atomic mass is 35.5. The lowest BCUT2D eigenvalue weighted by Gasteiger charge is -2.19. The molecule has 0 spiro atoms. The predicted molar refractivity (Wildman–Crippen MR) is 123 cm³/mol. The number of fused-ring (bicyclic) bond motifs is 1. The van der Waals surface area contributed by atoms with E-state index in [2.05, 4.69) is 19.8 Å². The first-order valence-electron chi connectivity index (χ1n) is 11.1. The number of alkyl halides is 3. The fourth-order valence-electron chi connectivity index (χ4n) is 4.73. The molecule has 190 valence electrons. The molecule has 0 bridgehead atoms. The Morgan fingerprint density at radius 2 is 1.92 bits per heavy atom. The number of rotatable bonds is 7. The maximum atomic E-state index is 14.4. The molecule has 0 aliphatic heterocycles. The van der Waals surface area contributed by atoms with Gasteiger partial charge in [-0.15, -0.1) is 0 Å². The van der Waals surface area contributed by atoms with Crippen LogP contribution in [0.1, 0.15) is 35.9 Å². The van der Waals surface area contributed by atoms with Crippen molar-refractivity contribution in [3.05, 3.63) is 65.0 Å². The normalized spacial score (nSPS) is 20.9. The standard InChI is InChI=1S/C24H21ClF4N4O3/c25-22-17(27)1-2-20(36-24(28)29)21(22)15(6-26)16-9-31-23-14(16)3-11(7-30-23)12-8-32-33(10-12)13-4-18(34)19(35)5-13/h1-3,7-10,13,15,18-19,24,34-35H,4-6H2,(H,30,31)/t13?,15-,18-,19+/m0/s1. The fourth-order valence-corrected chi connectivity index (χ4v) is 5.02. The SMILES string of the molecule is O[C@@H]1CC(n2cc(-c3cnc4[nH]cc([C@H](CF)c5c(OC(F)F)ccc(F)c5Cl)c4c3)cn2)C[C@@H]1O. The highest BCUT2D eigenvalue weighted by Gasteiger charge is 2.33. The second-order valence-corrected chi connectivity index (χ2v) is 9.07. The van der Waals surface area contributed by atoms with Crippen molar-refractivity contribution in [1.82, 2.24) is 19.7 Å². The molecule has 4 aromatic rings. The third kappa shape index (κ3) is 4.42. The molecular weight excluding hydrogens is 504 g/mol. The van der Waals surface area contributed by atoms with E-state index in [0.717, 1.165) is 12.1 Å². The zero-order chi connectivity index (χ0) is 25.6. The minimum absolute atomic E-state index is 0.164. The molecule has 1 aliphatic carbocycles. The molecule has 1 aromatic carbocycles. The van der Waals surface area contributed by atoms with Crippen LogP contribution in [0.2, 0.25) is 5.02 Å². The van der Waals surface area contributed by atoms with Crippen molar-refractivity contribution >= 4 is 22.6 Å². The van der Waals surface area contributed by atoms with Gasteiger partial charge < -0.3 is 19.9 Å². The Hall–Kier alpha value is -3.15. The quantitative estimate of drug-likeness (QED) is 0.296. The molecule has 1 fully saturated rings. The summed E-state index contributed by atoms with van der Waals surface area (Å²) in [6.07, 6.45) is 5.56. The number of pyridine rings is 1. The Morgan fingerprint density at radius 1 is 1.17 bits per heavy atom. The molecule has 0 saturated heterocycles. The predicted octanol–water partition coefficient (Wildman–Crippen LogP) is 4.98. The Labute approximate surface area is 207 Å². The van der Waals surface area contributed by atoms with Gasteiger partial charge in [-0.05, 0) is 36.6 Å². The van der Waals surface area contributed by atoms with Crippen LogP contribution < -0.4 is 4.74 Å². The van der Waals surface area contributed by atoms with Gasteiger partial charge in [0.2, 0.25) is 0 Å². The van der Waals surface area contributed by atoms with E-state index in [1.54, 1.807) is 29.3 Å². The Balaban J connectivity index is 1.54. The van der Waals surface area contributed by atoms with Crippen LogP contribution >= 0.6 is 11.6 Å². The van der Waals surface area contributed by atoms with Crippen LogP contribution in [0, 0.1) is 5.82 Å². The van der Waals surface area contributed by atoms with E-state index in [-0.39, 0.29) is 11.6 Å². The lowest BCUT2D eigenvalue weighted by Crippen LogP contribution is -2.17. The van der Waals surface area contributed by atoms with E-state index in [9.17, 15) is 27.8 Å². The van der Waals surface area contributed by atoms with Crippen molar-refractivity contribution in [3.8, 4) is 16.9 Å². The van der Waals surface area contributed by atoms with E-state index in [0.29, 0.717) is 40.6 Å². The Kier molecular flexibility index (Phi) is 6.62. The molecule has 4 atom stereocenters. The summed E-state index contributed by atoms with van der Waals surface area (Å²) in [5, 5.41) is 24.0. The number of ether oxygens (including phenoxy) is 1. The molecule has 0 radical (unpaired) electrons. The van der Waals surface area contributed by atoms with Gasteiger partial charge in [-0.1, -0.05) is 11.6 Å². The van der Waals surface area contributed by atoms with Crippen molar-refractivity contribution < 1.29 is 32.5 Å². The molecule has 36 heavy (non-hydrogen) atoms. The number of nitrogens with one attached hydrogen (secondary N) is 1. The van der Waals surface area contributed by atoms with Gasteiger partial charge in [0.05, 0.1) is 29.5 Å². The molecule has 1 unspecified atom stereocenters. The number of aliphatic hydroxyl groups excluding tert-OH is 2. The van der Waals surface area contributed by atoms with Crippen LogP contribution in [-0.2, 0) is 0 Å². The van der Waals surface area contributed by atoms with Gasteiger partial charge in [0, 0.05) is 46.6 Å². The van der Waals surface area contributed by atoms with E-state index in [1.165, 1.54) is 6.20 Å². The first-order chi connectivity index (χ1) is 17.3. The number of benzene rings is 1. The molecule has 0 amide bonds. The van der Waals surface area contributed by atoms with Crippen molar-refractivity contribution in [3.63, 3.8) is 0 Å². The molecular formula is C24H21ClF4N4O3. The van der Waals surface area contributed by atoms with Gasteiger partial charge in [-0.3, -0.25) is 9.07 Å². The lowest BCUT2D eigenvalue weighted by atomic mass is 9.91. The highest BCUT2D eigenvalue weighted by molar-refractivity contribution is 6.31. The largest absolute Gasteiger partial charge is 0.434 e. The Morgan fingerprint density at radius 3 is 2.61 bits per heavy atom. The minimum atomic E-state index is -3.21. The summed E-state index contributed by atoms with van der Waals surface area (Å²) < 4.78 is 60.8. The summed E-state index contributed by atoms with van der Waals surface area (Å²) in [7, 11) is 0. The summed E-state index contributed by atoms with van der Waals surface area (Å²) >= 11 is 6.10. The number of hydrogen-bond acceptors (Lipinski definition) is 5. The average Bonchev–Trinajstić information content (AvgIpc) is 3.57. The zero-order valence-corrected chi connectivity index (χ0v) is 19.3. The van der Waals surface area contributed by atoms with Crippen molar-refractivity contribution in [2.75, 3.05) is 6.67 Å². The monoisotopic (exact) mass is 524 g/mol. The van der Waals surface area contributed by atoms with Gasteiger partial charge in [0.15, 0.2) is 0 Å². The molecule has 1 saturated carbocycles. The smallest absolute Gasteiger partial charge is 0.387 e. The van der Waals surface area contributed by atoms with Crippen LogP contribution in [0.4, 0.5) is 17.6 Å². The molecule has 12 heteroatoms. The van der Waals surface area contributed by atoms with Gasteiger partial charge in [-0.25, -0.2) is 9.37 Å². The number of aromatic nitrogens is 4. The Bertz CT molecular complexity index is 1390. The summed E-state index contributed by atoms with van der Waals surface area (Å²) in [5.41, 5.74) is 1.85. The van der Waals surface area contributed by atoms with Gasteiger partial charge >= 0.3 is 6.61 Å². The highest BCUT2D eigenvalue weighted by Crippen LogP contribution is 2.42. The number of hydrogen-bond donors (Lipinski definition) is 3. The maximum absolute atomic E-state index is 14.4. The molecule has 1 aliphatic rings. The molecule has 7 nitrogen and oxygen atoms in total. The number of aromatic amines is 1. The minimum Gasteiger partial charge on any atom is -0.434 e. The van der Waals surface area contributed by atoms with E-state index in [4.69, 9.17) is 11.6 Å². The van der Waals surface area contributed by atoms with Gasteiger partial charge in [0.1, 0.15) is 23.9 Å². The molecule has 3 heterocycles. The van der Waals surface area contributed by atoms with Gasteiger partial charge in [-0.2, -0.15) is 13.9 Å². The second kappa shape index (κ2) is 9.72. The van der Waals surface area contributed by atoms with Crippen LogP contribution in [0.3, 0.4) is 0 Å². The fraction of sp³-hybridized carbons (Fsp3) is 0.333. The summed E-state index contributed by atoms with van der Waals surface area (Å²) in [5.74, 6) is -2.52. The summed E-state index contributed by atoms with van der Waals surface area (Å²) in [6, 6.07) is 3.45. The van der Waals surface area contributed by atoms with Crippen molar-refractivity contribution in [2.45, 2.75) is 43.6 Å². The van der Waals surface area contributed by atoms with Crippen LogP contribution in [0.25, 0.3) is 22.2 Å². The molecule has 3 aromatic heterocycles. The number of aliphatic hydroxyl groups is 2. The average molecular weight is 525 g/mol. The van der Waals surface area contributed by atoms with Crippen LogP contribution in [0.15, 0.2) is 43.0 Å². The van der Waals surface area contributed by atoms with E-state index >= 15 is 0 Å². The first-order valence-corrected chi connectivity index (χ1v) is 11.5. The first kappa shape index (κ1) is 24.5. The topological polar surface area (TPSA) is 96.2 Å². The van der Waals surface area contributed by atoms with Gasteiger partial charge in [0.25, 0.3) is 0 Å². The summed E-state index contributed by atoms with van der Waals surface area (Å²) in [6.45, 7) is -4.27. The number of H-pyrrole nitrogens is 1. The van der Waals surface area contributed by atoms with Crippen LogP contribution in [0.5, 0.6) is 5.75 Å². The van der Waals surface area contributed by atoms with Crippen molar-refractivity contribution in [2.24, 2.45) is 0 Å². The molecule has 5 rings (SSSR count). The van der Waals surface area contributed by atoms with E-state index < -0.39 is 48.0 Å². The second-order valence-electron chi connectivity index (χ2n) is 8.69. The third-order valence-electron chi connectivity index (χ3n) is 6.53. The lowest BCUT2D eigenvalue weighted by molar-refractivity contribution is -0.0506. The van der Waals surface area contributed by atoms with E-state index in [1.807, 2.05) is 0 Å². The van der Waals surface area contributed by atoms with Crippen molar-refractivity contribution in [1.29, 1.82) is 0 Å². The maximum Gasteiger partial charge on any atom is 0.387 e. The zero-order valence-electron chi connectivity index (χ0n) is 18.6.